The molecule has 2 heterocycles. The molecule has 4 rings (SSSR count). The maximum absolute atomic E-state index is 13.1. The smallest absolute Gasteiger partial charge is 0.358 e. The Hall–Kier alpha value is -3.21. The number of pyridine rings is 1. The Morgan fingerprint density at radius 1 is 0.857 bits per heavy atom. The first kappa shape index (κ1) is 18.2. The number of rotatable bonds is 4. The largest absolute Gasteiger partial charge is 0.443 e. The van der Waals surface area contributed by atoms with Gasteiger partial charge in [-0.3, -0.25) is 4.79 Å². The Bertz CT molecular complexity index is 981. The van der Waals surface area contributed by atoms with Crippen molar-refractivity contribution in [3.05, 3.63) is 78.0 Å². The summed E-state index contributed by atoms with van der Waals surface area (Å²) in [6, 6.07) is 20.2. The Morgan fingerprint density at radius 3 is 2.36 bits per heavy atom. The molecule has 0 saturated carbocycles. The van der Waals surface area contributed by atoms with Gasteiger partial charge in [0.15, 0.2) is 0 Å². The first-order valence-corrected chi connectivity index (χ1v) is 9.63. The van der Waals surface area contributed by atoms with Gasteiger partial charge in [0, 0.05) is 24.0 Å². The summed E-state index contributed by atoms with van der Waals surface area (Å²) < 4.78 is 5.69. The molecular weight excluding hydrogens is 352 g/mol. The van der Waals surface area contributed by atoms with Crippen molar-refractivity contribution in [3.63, 3.8) is 0 Å². The molecule has 28 heavy (non-hydrogen) atoms. The summed E-state index contributed by atoms with van der Waals surface area (Å²) in [6.45, 7) is 1.40. The molecule has 0 unspecified atom stereocenters. The van der Waals surface area contributed by atoms with E-state index in [2.05, 4.69) is 4.98 Å². The lowest BCUT2D eigenvalue weighted by molar-refractivity contribution is -0.142. The van der Waals surface area contributed by atoms with Gasteiger partial charge in [-0.2, -0.15) is 0 Å². The number of benzene rings is 2. The van der Waals surface area contributed by atoms with Gasteiger partial charge in [0.2, 0.25) is 6.10 Å². The van der Waals surface area contributed by atoms with Crippen LogP contribution >= 0.6 is 0 Å². The number of fused-ring (bicyclic) bond motifs is 1. The average Bonchev–Trinajstić information content (AvgIpc) is 2.77. The third-order valence-corrected chi connectivity index (χ3v) is 5.03. The third-order valence-electron chi connectivity index (χ3n) is 5.03. The molecule has 5 nitrogen and oxygen atoms in total. The standard InChI is InChI=1S/C23H22N2O3/c26-22(25-15-7-2-8-16-25)21(18-10-3-1-4-11-18)28-23(27)20-14-13-17-9-5-6-12-19(17)24-20/h1,3-6,9-14,21H,2,7-8,15-16H2/t21-/m1/s1. The zero-order valence-electron chi connectivity index (χ0n) is 15.6. The molecule has 1 saturated heterocycles. The molecule has 0 spiro atoms. The van der Waals surface area contributed by atoms with Gasteiger partial charge in [0.25, 0.3) is 5.91 Å². The van der Waals surface area contributed by atoms with Crippen LogP contribution in [0.25, 0.3) is 10.9 Å². The molecule has 142 valence electrons. The topological polar surface area (TPSA) is 59.5 Å². The molecule has 1 aromatic heterocycles. The number of carbonyl (C=O) groups is 2. The molecule has 1 atom stereocenters. The van der Waals surface area contributed by atoms with Crippen molar-refractivity contribution >= 4 is 22.8 Å². The van der Waals surface area contributed by atoms with Crippen LogP contribution in [0.5, 0.6) is 0 Å². The maximum atomic E-state index is 13.1. The minimum absolute atomic E-state index is 0.167. The highest BCUT2D eigenvalue weighted by atomic mass is 16.5. The second-order valence-electron chi connectivity index (χ2n) is 6.97. The van der Waals surface area contributed by atoms with Crippen LogP contribution in [0.1, 0.15) is 41.4 Å². The van der Waals surface area contributed by atoms with Gasteiger partial charge < -0.3 is 9.64 Å². The summed E-state index contributed by atoms with van der Waals surface area (Å²) in [6.07, 6.45) is 2.13. The maximum Gasteiger partial charge on any atom is 0.358 e. The van der Waals surface area contributed by atoms with Crippen molar-refractivity contribution in [2.24, 2.45) is 0 Å². The van der Waals surface area contributed by atoms with E-state index in [1.807, 2.05) is 60.7 Å². The first-order valence-electron chi connectivity index (χ1n) is 9.63. The van der Waals surface area contributed by atoms with E-state index in [0.717, 1.165) is 30.2 Å². The lowest BCUT2D eigenvalue weighted by Gasteiger charge is -2.30. The third kappa shape index (κ3) is 3.88. The minimum atomic E-state index is -0.958. The van der Waals surface area contributed by atoms with Crippen LogP contribution in [-0.2, 0) is 9.53 Å². The van der Waals surface area contributed by atoms with E-state index in [0.29, 0.717) is 18.7 Å². The highest BCUT2D eigenvalue weighted by molar-refractivity contribution is 5.93. The summed E-state index contributed by atoms with van der Waals surface area (Å²) in [5.41, 5.74) is 1.59. The summed E-state index contributed by atoms with van der Waals surface area (Å²) >= 11 is 0. The predicted octanol–water partition coefficient (Wildman–Crippen LogP) is 4.15. The highest BCUT2D eigenvalue weighted by Gasteiger charge is 2.30. The van der Waals surface area contributed by atoms with E-state index < -0.39 is 12.1 Å². The zero-order valence-corrected chi connectivity index (χ0v) is 15.6. The van der Waals surface area contributed by atoms with E-state index in [1.54, 1.807) is 11.0 Å². The van der Waals surface area contributed by atoms with Crippen LogP contribution in [0.4, 0.5) is 0 Å². The van der Waals surface area contributed by atoms with Crippen molar-refractivity contribution < 1.29 is 14.3 Å². The van der Waals surface area contributed by atoms with Crippen molar-refractivity contribution in [2.45, 2.75) is 25.4 Å². The molecular formula is C23H22N2O3. The summed E-state index contributed by atoms with van der Waals surface area (Å²) in [4.78, 5) is 32.1. The normalized spacial score (nSPS) is 15.2. The number of hydrogen-bond acceptors (Lipinski definition) is 4. The fraction of sp³-hybridized carbons (Fsp3) is 0.261. The summed E-state index contributed by atoms with van der Waals surface area (Å²) in [5, 5.41) is 0.947. The molecule has 1 aliphatic heterocycles. The number of aromatic nitrogens is 1. The Labute approximate surface area is 163 Å². The van der Waals surface area contributed by atoms with Crippen LogP contribution < -0.4 is 0 Å². The van der Waals surface area contributed by atoms with Gasteiger partial charge in [-0.15, -0.1) is 0 Å². The second kappa shape index (κ2) is 8.21. The van der Waals surface area contributed by atoms with Crippen molar-refractivity contribution in [3.8, 4) is 0 Å². The number of carbonyl (C=O) groups excluding carboxylic acids is 2. The molecule has 1 aliphatic rings. The van der Waals surface area contributed by atoms with Crippen LogP contribution in [0.15, 0.2) is 66.7 Å². The zero-order chi connectivity index (χ0) is 19.3. The summed E-state index contributed by atoms with van der Waals surface area (Å²) in [5.74, 6) is -0.759. The van der Waals surface area contributed by atoms with Gasteiger partial charge in [-0.1, -0.05) is 54.6 Å². The number of piperidine rings is 1. The quantitative estimate of drug-likeness (QED) is 0.644. The van der Waals surface area contributed by atoms with E-state index in [4.69, 9.17) is 4.74 Å². The number of likely N-dealkylation sites (tertiary alicyclic amines) is 1. The number of esters is 1. The molecule has 1 fully saturated rings. The molecule has 1 amide bonds. The van der Waals surface area contributed by atoms with Gasteiger partial charge in [0.1, 0.15) is 5.69 Å². The van der Waals surface area contributed by atoms with Crippen molar-refractivity contribution in [2.75, 3.05) is 13.1 Å². The van der Waals surface area contributed by atoms with Gasteiger partial charge in [0.05, 0.1) is 5.52 Å². The fourth-order valence-electron chi connectivity index (χ4n) is 3.52. The van der Waals surface area contributed by atoms with Crippen LogP contribution in [0, 0.1) is 0 Å². The van der Waals surface area contributed by atoms with Gasteiger partial charge in [-0.25, -0.2) is 9.78 Å². The Kier molecular flexibility index (Phi) is 5.33. The SMILES string of the molecule is O=C(O[C@@H](C(=O)N1CCCCC1)c1ccccc1)c1ccc2ccccc2n1. The van der Waals surface area contributed by atoms with Gasteiger partial charge >= 0.3 is 5.97 Å². The van der Waals surface area contributed by atoms with Gasteiger partial charge in [-0.05, 0) is 31.4 Å². The number of hydrogen-bond donors (Lipinski definition) is 0. The Balaban J connectivity index is 1.60. The molecule has 0 bridgehead atoms. The lowest BCUT2D eigenvalue weighted by atomic mass is 10.1. The van der Waals surface area contributed by atoms with E-state index in [9.17, 15) is 9.59 Å². The number of para-hydroxylation sites is 1. The molecule has 0 radical (unpaired) electrons. The molecule has 2 aromatic carbocycles. The van der Waals surface area contributed by atoms with Crippen LogP contribution in [-0.4, -0.2) is 34.8 Å². The Morgan fingerprint density at radius 2 is 1.57 bits per heavy atom. The van der Waals surface area contributed by atoms with E-state index in [-0.39, 0.29) is 11.6 Å². The first-order chi connectivity index (χ1) is 13.7. The lowest BCUT2D eigenvalue weighted by Crippen LogP contribution is -2.40. The monoisotopic (exact) mass is 374 g/mol. The number of ether oxygens (including phenoxy) is 1. The fourth-order valence-corrected chi connectivity index (χ4v) is 3.52. The van der Waals surface area contributed by atoms with Crippen LogP contribution in [0.3, 0.4) is 0 Å². The molecule has 5 heteroatoms. The summed E-state index contributed by atoms with van der Waals surface area (Å²) in [7, 11) is 0. The second-order valence-corrected chi connectivity index (χ2v) is 6.97. The molecule has 0 N–H and O–H groups in total. The number of nitrogens with zero attached hydrogens (tertiary/aromatic N) is 2. The van der Waals surface area contributed by atoms with E-state index >= 15 is 0 Å². The van der Waals surface area contributed by atoms with Crippen molar-refractivity contribution in [1.82, 2.24) is 9.88 Å². The minimum Gasteiger partial charge on any atom is -0.443 e. The number of amides is 1. The molecule has 3 aromatic rings. The highest BCUT2D eigenvalue weighted by Crippen LogP contribution is 2.24. The van der Waals surface area contributed by atoms with E-state index in [1.165, 1.54) is 0 Å². The van der Waals surface area contributed by atoms with Crippen LogP contribution in [0.2, 0.25) is 0 Å². The average molecular weight is 374 g/mol. The molecule has 0 aliphatic carbocycles. The van der Waals surface area contributed by atoms with Crippen molar-refractivity contribution in [1.29, 1.82) is 0 Å². The predicted molar refractivity (Wildman–Crippen MR) is 107 cm³/mol.